The van der Waals surface area contributed by atoms with Crippen LogP contribution in [0, 0.1) is 12.7 Å². The third-order valence-corrected chi connectivity index (χ3v) is 3.03. The third-order valence-electron chi connectivity index (χ3n) is 3.03. The zero-order valence-electron chi connectivity index (χ0n) is 10.0. The lowest BCUT2D eigenvalue weighted by atomic mass is 10.1. The zero-order valence-corrected chi connectivity index (χ0v) is 10.0. The van der Waals surface area contributed by atoms with Gasteiger partial charge in [-0.1, -0.05) is 0 Å². The van der Waals surface area contributed by atoms with Crippen molar-refractivity contribution in [1.29, 1.82) is 0 Å². The quantitative estimate of drug-likeness (QED) is 0.808. The molecule has 0 saturated carbocycles. The number of hydrogen-bond acceptors (Lipinski definition) is 2. The smallest absolute Gasteiger partial charge is 0.254 e. The molecule has 1 aromatic rings. The van der Waals surface area contributed by atoms with Gasteiger partial charge in [-0.15, -0.1) is 0 Å². The molecule has 3 nitrogen and oxygen atoms in total. The van der Waals surface area contributed by atoms with Crippen molar-refractivity contribution in [2.45, 2.75) is 25.9 Å². The number of aliphatic hydroxyl groups is 1. The summed E-state index contributed by atoms with van der Waals surface area (Å²) in [6.07, 6.45) is 0.563. The van der Waals surface area contributed by atoms with Crippen LogP contribution in [0.15, 0.2) is 18.2 Å². The summed E-state index contributed by atoms with van der Waals surface area (Å²) < 4.78 is 13.2. The molecule has 0 spiro atoms. The van der Waals surface area contributed by atoms with E-state index in [4.69, 9.17) is 0 Å². The molecule has 0 bridgehead atoms. The van der Waals surface area contributed by atoms with E-state index in [1.165, 1.54) is 12.1 Å². The van der Waals surface area contributed by atoms with Crippen LogP contribution in [-0.2, 0) is 0 Å². The average molecular weight is 237 g/mol. The molecule has 1 saturated heterocycles. The molecule has 1 aromatic carbocycles. The molecule has 1 unspecified atom stereocenters. The summed E-state index contributed by atoms with van der Waals surface area (Å²) in [6.45, 7) is 4.28. The molecule has 1 N–H and O–H groups in total. The van der Waals surface area contributed by atoms with Crippen LogP contribution < -0.4 is 0 Å². The van der Waals surface area contributed by atoms with Crippen LogP contribution in [0.4, 0.5) is 4.39 Å². The van der Waals surface area contributed by atoms with E-state index in [2.05, 4.69) is 0 Å². The molecule has 0 radical (unpaired) electrons. The lowest BCUT2D eigenvalue weighted by Crippen LogP contribution is -2.33. The van der Waals surface area contributed by atoms with Crippen LogP contribution in [0.3, 0.4) is 0 Å². The highest BCUT2D eigenvalue weighted by Gasteiger charge is 2.34. The molecule has 1 heterocycles. The number of amides is 1. The second kappa shape index (κ2) is 4.11. The van der Waals surface area contributed by atoms with Crippen LogP contribution in [0.2, 0.25) is 0 Å². The molecule has 1 amide bonds. The number of benzene rings is 1. The summed E-state index contributed by atoms with van der Waals surface area (Å²) >= 11 is 0. The van der Waals surface area contributed by atoms with Crippen molar-refractivity contribution >= 4 is 5.91 Å². The lowest BCUT2D eigenvalue weighted by Gasteiger charge is -2.19. The minimum atomic E-state index is -0.821. The fourth-order valence-corrected chi connectivity index (χ4v) is 2.16. The summed E-state index contributed by atoms with van der Waals surface area (Å²) in [5, 5.41) is 9.80. The van der Waals surface area contributed by atoms with Crippen molar-refractivity contribution in [3.05, 3.63) is 35.1 Å². The molecular formula is C13H16FNO2. The minimum absolute atomic E-state index is 0.217. The molecule has 1 atom stereocenters. The van der Waals surface area contributed by atoms with E-state index in [0.29, 0.717) is 25.1 Å². The summed E-state index contributed by atoms with van der Waals surface area (Å²) in [5.74, 6) is -0.621. The molecule has 1 aliphatic rings. The van der Waals surface area contributed by atoms with Crippen LogP contribution in [0.5, 0.6) is 0 Å². The lowest BCUT2D eigenvalue weighted by molar-refractivity contribution is 0.0572. The standard InChI is InChI=1S/C13H16FNO2/c1-9-5-10(7-11(14)6-9)12(16)15-4-3-13(2,17)8-15/h5-7,17H,3-4,8H2,1-2H3. The maximum Gasteiger partial charge on any atom is 0.254 e. The Morgan fingerprint density at radius 1 is 1.47 bits per heavy atom. The van der Waals surface area contributed by atoms with Crippen molar-refractivity contribution in [3.8, 4) is 0 Å². The van der Waals surface area contributed by atoms with Gasteiger partial charge in [0.25, 0.3) is 5.91 Å². The number of hydrogen-bond donors (Lipinski definition) is 1. The first-order valence-corrected chi connectivity index (χ1v) is 5.66. The topological polar surface area (TPSA) is 40.5 Å². The number of carbonyl (C=O) groups is 1. The number of rotatable bonds is 1. The van der Waals surface area contributed by atoms with E-state index >= 15 is 0 Å². The van der Waals surface area contributed by atoms with Gasteiger partial charge >= 0.3 is 0 Å². The molecule has 17 heavy (non-hydrogen) atoms. The van der Waals surface area contributed by atoms with Crippen molar-refractivity contribution in [1.82, 2.24) is 4.90 Å². The Labute approximate surface area is 99.9 Å². The monoisotopic (exact) mass is 237 g/mol. The Morgan fingerprint density at radius 2 is 2.18 bits per heavy atom. The first-order valence-electron chi connectivity index (χ1n) is 5.66. The molecule has 0 aliphatic carbocycles. The number of β-amino-alcohol motifs (C(OH)–C–C–N with tert-alkyl or cyclic N) is 1. The van der Waals surface area contributed by atoms with Gasteiger partial charge in [-0.25, -0.2) is 4.39 Å². The minimum Gasteiger partial charge on any atom is -0.388 e. The maximum absolute atomic E-state index is 13.2. The normalized spacial score (nSPS) is 24.1. The Bertz CT molecular complexity index is 436. The van der Waals surface area contributed by atoms with Gasteiger partial charge in [0, 0.05) is 18.7 Å². The fourth-order valence-electron chi connectivity index (χ4n) is 2.16. The summed E-state index contributed by atoms with van der Waals surface area (Å²) in [5.41, 5.74) is 0.248. The number of nitrogens with zero attached hydrogens (tertiary/aromatic N) is 1. The van der Waals surface area contributed by atoms with E-state index in [-0.39, 0.29) is 5.91 Å². The summed E-state index contributed by atoms with van der Waals surface area (Å²) in [4.78, 5) is 13.7. The molecule has 0 aromatic heterocycles. The van der Waals surface area contributed by atoms with E-state index < -0.39 is 11.4 Å². The van der Waals surface area contributed by atoms with Crippen molar-refractivity contribution in [3.63, 3.8) is 0 Å². The largest absolute Gasteiger partial charge is 0.388 e. The first-order chi connectivity index (χ1) is 7.87. The molecule has 2 rings (SSSR count). The van der Waals surface area contributed by atoms with Crippen molar-refractivity contribution in [2.75, 3.05) is 13.1 Å². The van der Waals surface area contributed by atoms with Gasteiger partial charge in [0.2, 0.25) is 0 Å². The number of halogens is 1. The second-order valence-corrected chi connectivity index (χ2v) is 4.99. The van der Waals surface area contributed by atoms with Crippen LogP contribution in [-0.4, -0.2) is 34.6 Å². The molecule has 92 valence electrons. The molecular weight excluding hydrogens is 221 g/mol. The van der Waals surface area contributed by atoms with E-state index in [1.54, 1.807) is 24.8 Å². The Kier molecular flexibility index (Phi) is 2.91. The summed E-state index contributed by atoms with van der Waals surface area (Å²) in [6, 6.07) is 4.29. The molecule has 1 fully saturated rings. The van der Waals surface area contributed by atoms with Gasteiger partial charge in [0.1, 0.15) is 5.82 Å². The third kappa shape index (κ3) is 2.64. The maximum atomic E-state index is 13.2. The van der Waals surface area contributed by atoms with Gasteiger partial charge in [-0.3, -0.25) is 4.79 Å². The van der Waals surface area contributed by atoms with Gasteiger partial charge in [-0.05, 0) is 44.0 Å². The van der Waals surface area contributed by atoms with E-state index in [9.17, 15) is 14.3 Å². The Balaban J connectivity index is 2.20. The van der Waals surface area contributed by atoms with Crippen LogP contribution >= 0.6 is 0 Å². The predicted molar refractivity (Wildman–Crippen MR) is 62.3 cm³/mol. The van der Waals surface area contributed by atoms with Crippen LogP contribution in [0.1, 0.15) is 29.3 Å². The zero-order chi connectivity index (χ0) is 12.6. The van der Waals surface area contributed by atoms with E-state index in [0.717, 1.165) is 5.56 Å². The highest BCUT2D eigenvalue weighted by Crippen LogP contribution is 2.22. The predicted octanol–water partition coefficient (Wildman–Crippen LogP) is 1.73. The number of carbonyl (C=O) groups excluding carboxylic acids is 1. The van der Waals surface area contributed by atoms with Crippen molar-refractivity contribution in [2.24, 2.45) is 0 Å². The highest BCUT2D eigenvalue weighted by atomic mass is 19.1. The SMILES string of the molecule is Cc1cc(F)cc(C(=O)N2CCC(C)(O)C2)c1. The number of likely N-dealkylation sites (tertiary alicyclic amines) is 1. The molecule has 1 aliphatic heterocycles. The van der Waals surface area contributed by atoms with E-state index in [1.807, 2.05) is 0 Å². The van der Waals surface area contributed by atoms with Gasteiger partial charge < -0.3 is 10.0 Å². The van der Waals surface area contributed by atoms with Crippen molar-refractivity contribution < 1.29 is 14.3 Å². The number of aryl methyl sites for hydroxylation is 1. The molecule has 4 heteroatoms. The van der Waals surface area contributed by atoms with Gasteiger partial charge in [0.05, 0.1) is 5.60 Å². The summed E-state index contributed by atoms with van der Waals surface area (Å²) in [7, 11) is 0. The average Bonchev–Trinajstić information content (AvgIpc) is 2.56. The highest BCUT2D eigenvalue weighted by molar-refractivity contribution is 5.94. The first kappa shape index (κ1) is 12.0. The van der Waals surface area contributed by atoms with Crippen LogP contribution in [0.25, 0.3) is 0 Å². The second-order valence-electron chi connectivity index (χ2n) is 4.99. The Hall–Kier alpha value is -1.42. The van der Waals surface area contributed by atoms with Gasteiger partial charge in [0.15, 0.2) is 0 Å². The Morgan fingerprint density at radius 3 is 2.71 bits per heavy atom. The van der Waals surface area contributed by atoms with Gasteiger partial charge in [-0.2, -0.15) is 0 Å². The fraction of sp³-hybridized carbons (Fsp3) is 0.462.